The number of thiol groups is 1. The van der Waals surface area contributed by atoms with E-state index in [0.29, 0.717) is 5.69 Å². The lowest BCUT2D eigenvalue weighted by Crippen LogP contribution is -2.34. The third-order valence-electron chi connectivity index (χ3n) is 2.67. The third kappa shape index (κ3) is 4.34. The standard InChI is InChI=1S/C14H11FN2O3S2/c15-10-3-1-9(2-4-10)13(18)17-14(21)16-11-5-7-12(8-6-11)22(19)20/h1-8,22H,(H2,16,17,18,21). The fourth-order valence-corrected chi connectivity index (χ4v) is 2.21. The van der Waals surface area contributed by atoms with E-state index in [4.69, 9.17) is 12.2 Å². The lowest BCUT2D eigenvalue weighted by molar-refractivity contribution is 0.0977. The second kappa shape index (κ2) is 7.10. The highest BCUT2D eigenvalue weighted by Gasteiger charge is 2.08. The molecular formula is C14H11FN2O3S2. The minimum atomic E-state index is -2.64. The van der Waals surface area contributed by atoms with Crippen LogP contribution >= 0.6 is 12.2 Å². The number of thiocarbonyl (C=S) groups is 1. The quantitative estimate of drug-likeness (QED) is 0.589. The average Bonchev–Trinajstić information content (AvgIpc) is 2.48. The van der Waals surface area contributed by atoms with Gasteiger partial charge in [0.05, 0.1) is 4.90 Å². The average molecular weight is 338 g/mol. The van der Waals surface area contributed by atoms with Gasteiger partial charge in [0.2, 0.25) is 0 Å². The fourth-order valence-electron chi connectivity index (χ4n) is 1.61. The molecule has 114 valence electrons. The number of hydrogen-bond acceptors (Lipinski definition) is 4. The van der Waals surface area contributed by atoms with Crippen LogP contribution in [-0.2, 0) is 10.7 Å². The second-order valence-corrected chi connectivity index (χ2v) is 5.66. The van der Waals surface area contributed by atoms with Crippen LogP contribution in [0.3, 0.4) is 0 Å². The van der Waals surface area contributed by atoms with Crippen LogP contribution in [0.5, 0.6) is 0 Å². The van der Waals surface area contributed by atoms with Crippen molar-refractivity contribution in [3.8, 4) is 0 Å². The van der Waals surface area contributed by atoms with Gasteiger partial charge in [-0.05, 0) is 60.7 Å². The fraction of sp³-hybridized carbons (Fsp3) is 0. The van der Waals surface area contributed by atoms with Gasteiger partial charge in [0.25, 0.3) is 5.91 Å². The molecule has 0 bridgehead atoms. The molecular weight excluding hydrogens is 327 g/mol. The van der Waals surface area contributed by atoms with Crippen molar-refractivity contribution < 1.29 is 17.6 Å². The van der Waals surface area contributed by atoms with Gasteiger partial charge in [-0.25, -0.2) is 12.8 Å². The highest BCUT2D eigenvalue weighted by molar-refractivity contribution is 7.80. The first-order valence-corrected chi connectivity index (χ1v) is 7.66. The molecule has 0 saturated carbocycles. The monoisotopic (exact) mass is 338 g/mol. The molecule has 0 fully saturated rings. The number of halogens is 1. The molecule has 0 spiro atoms. The molecule has 0 heterocycles. The number of nitrogens with one attached hydrogen (secondary N) is 2. The molecule has 0 radical (unpaired) electrons. The van der Waals surface area contributed by atoms with Crippen molar-refractivity contribution in [1.82, 2.24) is 5.32 Å². The number of amides is 1. The van der Waals surface area contributed by atoms with Gasteiger partial charge in [-0.1, -0.05) is 0 Å². The molecule has 5 nitrogen and oxygen atoms in total. The zero-order valence-electron chi connectivity index (χ0n) is 11.1. The number of anilines is 1. The number of benzene rings is 2. The minimum Gasteiger partial charge on any atom is -0.332 e. The van der Waals surface area contributed by atoms with Crippen LogP contribution < -0.4 is 10.6 Å². The predicted molar refractivity (Wildman–Crippen MR) is 85.1 cm³/mol. The molecule has 0 aliphatic rings. The first-order chi connectivity index (χ1) is 10.5. The Balaban J connectivity index is 1.97. The summed E-state index contributed by atoms with van der Waals surface area (Å²) < 4.78 is 34.3. The van der Waals surface area contributed by atoms with Crippen LogP contribution in [0, 0.1) is 5.82 Å². The number of carbonyl (C=O) groups is 1. The SMILES string of the molecule is O=C(NC(=S)Nc1ccc([SH](=O)=O)cc1)c1ccc(F)cc1. The van der Waals surface area contributed by atoms with Crippen molar-refractivity contribution in [3.63, 3.8) is 0 Å². The molecule has 8 heteroatoms. The Morgan fingerprint density at radius 1 is 1.00 bits per heavy atom. The lowest BCUT2D eigenvalue weighted by Gasteiger charge is -2.09. The first kappa shape index (κ1) is 16.1. The maximum atomic E-state index is 12.8. The van der Waals surface area contributed by atoms with Gasteiger partial charge < -0.3 is 5.32 Å². The summed E-state index contributed by atoms with van der Waals surface area (Å²) in [4.78, 5) is 12.0. The van der Waals surface area contributed by atoms with Crippen LogP contribution in [0.4, 0.5) is 10.1 Å². The van der Waals surface area contributed by atoms with Gasteiger partial charge in [0, 0.05) is 11.3 Å². The summed E-state index contributed by atoms with van der Waals surface area (Å²) in [5.41, 5.74) is 0.800. The van der Waals surface area contributed by atoms with Crippen molar-refractivity contribution in [2.75, 3.05) is 5.32 Å². The normalized spacial score (nSPS) is 10.3. The number of carbonyl (C=O) groups excluding carboxylic acids is 1. The Kier molecular flexibility index (Phi) is 5.18. The summed E-state index contributed by atoms with van der Waals surface area (Å²) in [6.07, 6.45) is 0. The Morgan fingerprint density at radius 2 is 1.59 bits per heavy atom. The zero-order valence-corrected chi connectivity index (χ0v) is 12.8. The van der Waals surface area contributed by atoms with E-state index in [-0.39, 0.29) is 15.6 Å². The van der Waals surface area contributed by atoms with E-state index < -0.39 is 22.4 Å². The highest BCUT2D eigenvalue weighted by Crippen LogP contribution is 2.10. The Hall–Kier alpha value is -2.32. The summed E-state index contributed by atoms with van der Waals surface area (Å²) in [5, 5.41) is 5.24. The molecule has 0 aromatic heterocycles. The van der Waals surface area contributed by atoms with Crippen molar-refractivity contribution >= 4 is 39.6 Å². The maximum Gasteiger partial charge on any atom is 0.257 e. The number of hydrogen-bond donors (Lipinski definition) is 3. The van der Waals surface area contributed by atoms with Gasteiger partial charge in [0.1, 0.15) is 5.82 Å². The van der Waals surface area contributed by atoms with Gasteiger partial charge in [-0.2, -0.15) is 0 Å². The molecule has 1 amide bonds. The molecule has 2 aromatic rings. The van der Waals surface area contributed by atoms with E-state index in [1.54, 1.807) is 0 Å². The Labute approximate surface area is 133 Å². The minimum absolute atomic E-state index is 0.0496. The van der Waals surface area contributed by atoms with Crippen molar-refractivity contribution in [3.05, 3.63) is 59.9 Å². The summed E-state index contributed by atoms with van der Waals surface area (Å²) in [5.74, 6) is -0.911. The molecule has 0 aliphatic carbocycles. The topological polar surface area (TPSA) is 75.3 Å². The van der Waals surface area contributed by atoms with Crippen molar-refractivity contribution in [2.24, 2.45) is 0 Å². The van der Waals surface area contributed by atoms with Crippen molar-refractivity contribution in [1.29, 1.82) is 0 Å². The smallest absolute Gasteiger partial charge is 0.257 e. The van der Waals surface area contributed by atoms with E-state index in [9.17, 15) is 17.6 Å². The van der Waals surface area contributed by atoms with Gasteiger partial charge >= 0.3 is 0 Å². The van der Waals surface area contributed by atoms with Gasteiger partial charge in [-0.3, -0.25) is 10.1 Å². The predicted octanol–water partition coefficient (Wildman–Crippen LogP) is 1.92. The van der Waals surface area contributed by atoms with Crippen molar-refractivity contribution in [2.45, 2.75) is 4.90 Å². The molecule has 0 unspecified atom stereocenters. The van der Waals surface area contributed by atoms with Crippen LogP contribution in [0.2, 0.25) is 0 Å². The highest BCUT2D eigenvalue weighted by atomic mass is 32.2. The summed E-state index contributed by atoms with van der Waals surface area (Å²) >= 11 is 4.99. The zero-order chi connectivity index (χ0) is 16.1. The van der Waals surface area contributed by atoms with E-state index >= 15 is 0 Å². The van der Waals surface area contributed by atoms with Gasteiger partial charge in [-0.15, -0.1) is 0 Å². The second-order valence-electron chi connectivity index (χ2n) is 4.22. The van der Waals surface area contributed by atoms with Gasteiger partial charge in [0.15, 0.2) is 15.8 Å². The summed E-state index contributed by atoms with van der Waals surface area (Å²) in [7, 11) is -2.64. The van der Waals surface area contributed by atoms with Crippen LogP contribution in [0.15, 0.2) is 53.4 Å². The van der Waals surface area contributed by atoms with E-state index in [0.717, 1.165) is 0 Å². The third-order valence-corrected chi connectivity index (χ3v) is 3.59. The molecule has 2 aromatic carbocycles. The molecule has 2 rings (SSSR count). The lowest BCUT2D eigenvalue weighted by atomic mass is 10.2. The molecule has 2 N–H and O–H groups in total. The summed E-state index contributed by atoms with van der Waals surface area (Å²) in [6.45, 7) is 0. The Bertz CT molecular complexity index is 764. The largest absolute Gasteiger partial charge is 0.332 e. The molecule has 0 saturated heterocycles. The Morgan fingerprint density at radius 3 is 2.14 bits per heavy atom. The molecule has 22 heavy (non-hydrogen) atoms. The summed E-state index contributed by atoms with van der Waals surface area (Å²) in [6, 6.07) is 10.9. The van der Waals surface area contributed by atoms with Crippen LogP contribution in [0.1, 0.15) is 10.4 Å². The first-order valence-electron chi connectivity index (χ1n) is 6.08. The molecule has 0 aliphatic heterocycles. The van der Waals surface area contributed by atoms with Crippen LogP contribution in [-0.4, -0.2) is 19.4 Å². The number of rotatable bonds is 3. The van der Waals surface area contributed by atoms with E-state index in [1.165, 1.54) is 48.5 Å². The van der Waals surface area contributed by atoms with Crippen LogP contribution in [0.25, 0.3) is 0 Å². The van der Waals surface area contributed by atoms with E-state index in [2.05, 4.69) is 10.6 Å². The maximum absolute atomic E-state index is 12.8. The van der Waals surface area contributed by atoms with E-state index in [1.807, 2.05) is 0 Å². The molecule has 0 atom stereocenters.